The maximum absolute atomic E-state index is 11.4. The first-order chi connectivity index (χ1) is 10.1. The van der Waals surface area contributed by atoms with E-state index in [9.17, 15) is 9.90 Å². The Labute approximate surface area is 125 Å². The van der Waals surface area contributed by atoms with Crippen molar-refractivity contribution in [1.82, 2.24) is 4.90 Å². The van der Waals surface area contributed by atoms with Crippen LogP contribution >= 0.6 is 0 Å². The van der Waals surface area contributed by atoms with Crippen molar-refractivity contribution in [3.63, 3.8) is 0 Å². The zero-order valence-corrected chi connectivity index (χ0v) is 12.4. The van der Waals surface area contributed by atoms with Crippen molar-refractivity contribution < 1.29 is 14.6 Å². The van der Waals surface area contributed by atoms with Crippen LogP contribution in [0, 0.1) is 0 Å². The summed E-state index contributed by atoms with van der Waals surface area (Å²) in [6.07, 6.45) is 0.854. The molecule has 1 fully saturated rings. The first kappa shape index (κ1) is 14.4. The second-order valence-corrected chi connectivity index (χ2v) is 5.94. The molecular weight excluding hydrogens is 268 g/mol. The lowest BCUT2D eigenvalue weighted by Gasteiger charge is -2.38. The fourth-order valence-electron chi connectivity index (χ4n) is 3.30. The molecule has 5 heteroatoms. The molecule has 3 rings (SSSR count). The van der Waals surface area contributed by atoms with Crippen molar-refractivity contribution in [2.24, 2.45) is 0 Å². The number of carbonyl (C=O) groups is 1. The van der Waals surface area contributed by atoms with Gasteiger partial charge in [-0.1, -0.05) is 18.2 Å². The van der Waals surface area contributed by atoms with Crippen LogP contribution in [0.1, 0.15) is 17.9 Å². The second-order valence-electron chi connectivity index (χ2n) is 5.94. The van der Waals surface area contributed by atoms with Crippen LogP contribution in [-0.4, -0.2) is 61.9 Å². The minimum Gasteiger partial charge on any atom is -0.481 e. The molecule has 2 aliphatic heterocycles. The molecule has 21 heavy (non-hydrogen) atoms. The third-order valence-electron chi connectivity index (χ3n) is 4.40. The summed E-state index contributed by atoms with van der Waals surface area (Å²) in [5, 5.41) is 9.38. The van der Waals surface area contributed by atoms with Gasteiger partial charge in [-0.15, -0.1) is 0 Å². The fourth-order valence-corrected chi connectivity index (χ4v) is 3.30. The molecule has 0 bridgehead atoms. The Kier molecular flexibility index (Phi) is 4.12. The van der Waals surface area contributed by atoms with E-state index in [1.165, 1.54) is 0 Å². The summed E-state index contributed by atoms with van der Waals surface area (Å²) in [4.78, 5) is 16.0. The van der Waals surface area contributed by atoms with E-state index in [2.05, 4.69) is 16.8 Å². The number of para-hydroxylation sites is 1. The van der Waals surface area contributed by atoms with Crippen LogP contribution in [0.3, 0.4) is 0 Å². The standard InChI is InChI=1S/C16H22N2O3/c1-17-8-9-21-12(10-17)11-18-7-6-14(16(19)20)13-4-2-3-5-15(13)18/h2-5,12,14H,6-11H2,1H3,(H,19,20). The Hall–Kier alpha value is -1.59. The lowest BCUT2D eigenvalue weighted by atomic mass is 9.90. The largest absolute Gasteiger partial charge is 0.481 e. The lowest BCUT2D eigenvalue weighted by Crippen LogP contribution is -2.47. The third kappa shape index (κ3) is 3.04. The quantitative estimate of drug-likeness (QED) is 0.912. The van der Waals surface area contributed by atoms with Crippen molar-refractivity contribution in [3.05, 3.63) is 29.8 Å². The van der Waals surface area contributed by atoms with Crippen LogP contribution in [0.25, 0.3) is 0 Å². The van der Waals surface area contributed by atoms with Crippen LogP contribution in [0.5, 0.6) is 0 Å². The predicted molar refractivity (Wildman–Crippen MR) is 80.9 cm³/mol. The van der Waals surface area contributed by atoms with Gasteiger partial charge in [-0.05, 0) is 25.1 Å². The number of rotatable bonds is 3. The third-order valence-corrected chi connectivity index (χ3v) is 4.40. The molecule has 2 heterocycles. The van der Waals surface area contributed by atoms with Gasteiger partial charge in [0.25, 0.3) is 0 Å². The number of aliphatic carboxylic acids is 1. The Morgan fingerprint density at radius 1 is 1.38 bits per heavy atom. The second kappa shape index (κ2) is 6.03. The summed E-state index contributed by atoms with van der Waals surface area (Å²) in [7, 11) is 2.11. The highest BCUT2D eigenvalue weighted by Gasteiger charge is 2.31. The van der Waals surface area contributed by atoms with E-state index in [-0.39, 0.29) is 12.0 Å². The number of likely N-dealkylation sites (N-methyl/N-ethyl adjacent to an activating group) is 1. The number of carboxylic acids is 1. The molecule has 1 aromatic rings. The summed E-state index contributed by atoms with van der Waals surface area (Å²) in [5.74, 6) is -1.11. The molecule has 1 N–H and O–H groups in total. The molecule has 5 nitrogen and oxygen atoms in total. The van der Waals surface area contributed by atoms with Crippen molar-refractivity contribution in [2.75, 3.05) is 44.7 Å². The van der Waals surface area contributed by atoms with Crippen molar-refractivity contribution in [3.8, 4) is 0 Å². The van der Waals surface area contributed by atoms with Gasteiger partial charge in [0, 0.05) is 31.9 Å². The summed E-state index contributed by atoms with van der Waals surface area (Å²) in [6.45, 7) is 4.29. The molecule has 1 aromatic carbocycles. The van der Waals surface area contributed by atoms with Crippen LogP contribution in [0.2, 0.25) is 0 Å². The first-order valence-corrected chi connectivity index (χ1v) is 7.52. The van der Waals surface area contributed by atoms with Crippen LogP contribution in [0.4, 0.5) is 5.69 Å². The fraction of sp³-hybridized carbons (Fsp3) is 0.562. The van der Waals surface area contributed by atoms with Crippen LogP contribution in [-0.2, 0) is 9.53 Å². The smallest absolute Gasteiger partial charge is 0.311 e. The van der Waals surface area contributed by atoms with Crippen LogP contribution < -0.4 is 4.90 Å². The molecule has 2 unspecified atom stereocenters. The number of hydrogen-bond acceptors (Lipinski definition) is 4. The highest BCUT2D eigenvalue weighted by atomic mass is 16.5. The summed E-state index contributed by atoms with van der Waals surface area (Å²) < 4.78 is 5.84. The molecule has 2 aliphatic rings. The topological polar surface area (TPSA) is 53.0 Å². The maximum Gasteiger partial charge on any atom is 0.311 e. The number of fused-ring (bicyclic) bond motifs is 1. The van der Waals surface area contributed by atoms with Crippen LogP contribution in [0.15, 0.2) is 24.3 Å². The van der Waals surface area contributed by atoms with Gasteiger partial charge in [0.2, 0.25) is 0 Å². The average molecular weight is 290 g/mol. The van der Waals surface area contributed by atoms with Crippen molar-refractivity contribution in [2.45, 2.75) is 18.4 Å². The average Bonchev–Trinajstić information content (AvgIpc) is 2.47. The van der Waals surface area contributed by atoms with E-state index in [1.807, 2.05) is 24.3 Å². The maximum atomic E-state index is 11.4. The monoisotopic (exact) mass is 290 g/mol. The van der Waals surface area contributed by atoms with Gasteiger partial charge < -0.3 is 19.6 Å². The number of benzene rings is 1. The van der Waals surface area contributed by atoms with E-state index >= 15 is 0 Å². The van der Waals surface area contributed by atoms with E-state index < -0.39 is 5.97 Å². The molecule has 0 aromatic heterocycles. The van der Waals surface area contributed by atoms with Gasteiger partial charge in [0.15, 0.2) is 0 Å². The number of ether oxygens (including phenoxy) is 1. The predicted octanol–water partition coefficient (Wildman–Crippen LogP) is 1.40. The Morgan fingerprint density at radius 3 is 2.95 bits per heavy atom. The molecule has 0 saturated carbocycles. The number of hydrogen-bond donors (Lipinski definition) is 1. The van der Waals surface area contributed by atoms with Gasteiger partial charge >= 0.3 is 5.97 Å². The lowest BCUT2D eigenvalue weighted by molar-refractivity contribution is -0.139. The van der Waals surface area contributed by atoms with Gasteiger partial charge in [0.1, 0.15) is 0 Å². The zero-order chi connectivity index (χ0) is 14.8. The molecule has 0 spiro atoms. The van der Waals surface area contributed by atoms with E-state index in [4.69, 9.17) is 4.74 Å². The molecule has 0 amide bonds. The van der Waals surface area contributed by atoms with E-state index in [1.54, 1.807) is 0 Å². The molecular formula is C16H22N2O3. The summed E-state index contributed by atoms with van der Waals surface area (Å²) >= 11 is 0. The number of carboxylic acid groups (broad SMARTS) is 1. The minimum absolute atomic E-state index is 0.193. The number of anilines is 1. The van der Waals surface area contributed by atoms with Gasteiger partial charge in [-0.2, -0.15) is 0 Å². The number of nitrogens with zero attached hydrogens (tertiary/aromatic N) is 2. The number of morpholine rings is 1. The summed E-state index contributed by atoms with van der Waals surface area (Å²) in [5.41, 5.74) is 1.98. The van der Waals surface area contributed by atoms with Gasteiger partial charge in [-0.3, -0.25) is 4.79 Å². The molecule has 114 valence electrons. The van der Waals surface area contributed by atoms with E-state index in [0.717, 1.165) is 44.0 Å². The highest BCUT2D eigenvalue weighted by molar-refractivity contribution is 5.80. The van der Waals surface area contributed by atoms with Crippen molar-refractivity contribution >= 4 is 11.7 Å². The zero-order valence-electron chi connectivity index (χ0n) is 12.4. The Morgan fingerprint density at radius 2 is 2.19 bits per heavy atom. The molecule has 0 radical (unpaired) electrons. The Bertz CT molecular complexity index is 520. The minimum atomic E-state index is -0.726. The van der Waals surface area contributed by atoms with E-state index in [0.29, 0.717) is 6.42 Å². The molecule has 0 aliphatic carbocycles. The van der Waals surface area contributed by atoms with Crippen molar-refractivity contribution in [1.29, 1.82) is 0 Å². The molecule has 1 saturated heterocycles. The molecule has 2 atom stereocenters. The normalized spacial score (nSPS) is 26.4. The van der Waals surface area contributed by atoms with Gasteiger partial charge in [0.05, 0.1) is 18.6 Å². The SMILES string of the molecule is CN1CCOC(CN2CCC(C(=O)O)c3ccccc32)C1. The summed E-state index contributed by atoms with van der Waals surface area (Å²) in [6, 6.07) is 7.86. The first-order valence-electron chi connectivity index (χ1n) is 7.52. The Balaban J connectivity index is 1.78. The van der Waals surface area contributed by atoms with Gasteiger partial charge in [-0.25, -0.2) is 0 Å². The highest BCUT2D eigenvalue weighted by Crippen LogP contribution is 2.35.